The second-order valence-electron chi connectivity index (χ2n) is 5.12. The van der Waals surface area contributed by atoms with E-state index in [-0.39, 0.29) is 11.8 Å². The Hall–Kier alpha value is -2.08. The summed E-state index contributed by atoms with van der Waals surface area (Å²) in [5, 5.41) is 17.3. The standard InChI is InChI=1S/C14H18N4O2/c1-9-7-12(10-3-5-11(19)6-4-10)18-14(15-9)16-13(17-18)8-20-2/h3-6,9,12,19H,7-8H2,1-2H3,(H,15,16,17)/t9-,12+/m0/s1. The fraction of sp³-hybridized carbons (Fsp3) is 0.429. The lowest BCUT2D eigenvalue weighted by Crippen LogP contribution is -2.31. The van der Waals surface area contributed by atoms with Crippen molar-refractivity contribution in [2.24, 2.45) is 0 Å². The van der Waals surface area contributed by atoms with Crippen molar-refractivity contribution in [2.75, 3.05) is 12.4 Å². The lowest BCUT2D eigenvalue weighted by atomic mass is 9.98. The summed E-state index contributed by atoms with van der Waals surface area (Å²) >= 11 is 0. The van der Waals surface area contributed by atoms with Crippen molar-refractivity contribution < 1.29 is 9.84 Å². The van der Waals surface area contributed by atoms with Crippen LogP contribution in [0.4, 0.5) is 5.95 Å². The summed E-state index contributed by atoms with van der Waals surface area (Å²) < 4.78 is 6.99. The zero-order valence-electron chi connectivity index (χ0n) is 11.6. The lowest BCUT2D eigenvalue weighted by molar-refractivity contribution is 0.177. The van der Waals surface area contributed by atoms with E-state index >= 15 is 0 Å². The van der Waals surface area contributed by atoms with E-state index in [0.717, 1.165) is 17.9 Å². The molecule has 2 atom stereocenters. The van der Waals surface area contributed by atoms with Crippen LogP contribution in [-0.4, -0.2) is 33.0 Å². The number of aromatic hydroxyl groups is 1. The maximum Gasteiger partial charge on any atom is 0.222 e. The number of hydrogen-bond donors (Lipinski definition) is 2. The van der Waals surface area contributed by atoms with Crippen LogP contribution in [0.3, 0.4) is 0 Å². The van der Waals surface area contributed by atoms with Gasteiger partial charge in [-0.15, -0.1) is 0 Å². The smallest absolute Gasteiger partial charge is 0.222 e. The van der Waals surface area contributed by atoms with Crippen molar-refractivity contribution in [2.45, 2.75) is 32.0 Å². The van der Waals surface area contributed by atoms with E-state index in [1.165, 1.54) is 0 Å². The zero-order chi connectivity index (χ0) is 14.1. The Morgan fingerprint density at radius 1 is 1.40 bits per heavy atom. The van der Waals surface area contributed by atoms with Crippen LogP contribution in [0.2, 0.25) is 0 Å². The molecule has 0 saturated heterocycles. The van der Waals surface area contributed by atoms with E-state index in [1.54, 1.807) is 19.2 Å². The van der Waals surface area contributed by atoms with Gasteiger partial charge in [0, 0.05) is 13.2 Å². The first-order valence-electron chi connectivity index (χ1n) is 6.67. The van der Waals surface area contributed by atoms with Crippen LogP contribution in [0.25, 0.3) is 0 Å². The van der Waals surface area contributed by atoms with Gasteiger partial charge >= 0.3 is 0 Å². The summed E-state index contributed by atoms with van der Waals surface area (Å²) in [6.45, 7) is 2.53. The number of phenols is 1. The minimum Gasteiger partial charge on any atom is -0.508 e. The molecule has 1 aliphatic rings. The summed E-state index contributed by atoms with van der Waals surface area (Å²) in [6, 6.07) is 7.71. The van der Waals surface area contributed by atoms with Crippen molar-refractivity contribution >= 4 is 5.95 Å². The predicted octanol–water partition coefficient (Wildman–Crippen LogP) is 1.92. The second kappa shape index (κ2) is 5.13. The highest BCUT2D eigenvalue weighted by atomic mass is 16.5. The van der Waals surface area contributed by atoms with Crippen LogP contribution in [0.5, 0.6) is 5.75 Å². The van der Waals surface area contributed by atoms with Crippen LogP contribution in [-0.2, 0) is 11.3 Å². The fourth-order valence-electron chi connectivity index (χ4n) is 2.56. The highest BCUT2D eigenvalue weighted by molar-refractivity contribution is 5.36. The number of anilines is 1. The Morgan fingerprint density at radius 2 is 2.15 bits per heavy atom. The number of nitrogens with one attached hydrogen (secondary N) is 1. The molecule has 2 heterocycles. The first-order chi connectivity index (χ1) is 9.67. The Balaban J connectivity index is 1.98. The minimum absolute atomic E-state index is 0.125. The van der Waals surface area contributed by atoms with Crippen LogP contribution in [0, 0.1) is 0 Å². The number of fused-ring (bicyclic) bond motifs is 1. The SMILES string of the molecule is COCc1nc2n(n1)[C@@H](c1ccc(O)cc1)C[C@H](C)N2. The monoisotopic (exact) mass is 274 g/mol. The molecule has 0 aliphatic carbocycles. The second-order valence-corrected chi connectivity index (χ2v) is 5.12. The molecule has 0 amide bonds. The summed E-state index contributed by atoms with van der Waals surface area (Å²) in [4.78, 5) is 4.45. The average molecular weight is 274 g/mol. The number of nitrogens with zero attached hydrogens (tertiary/aromatic N) is 3. The van der Waals surface area contributed by atoms with Gasteiger partial charge in [0.15, 0.2) is 5.82 Å². The molecule has 1 aromatic carbocycles. The summed E-state index contributed by atoms with van der Waals surface area (Å²) in [5.41, 5.74) is 1.12. The molecular formula is C14H18N4O2. The molecule has 2 aromatic rings. The van der Waals surface area contributed by atoms with Gasteiger partial charge in [0.05, 0.1) is 6.04 Å². The van der Waals surface area contributed by atoms with Crippen molar-refractivity contribution in [1.82, 2.24) is 14.8 Å². The van der Waals surface area contributed by atoms with E-state index in [2.05, 4.69) is 22.3 Å². The number of hydrogen-bond acceptors (Lipinski definition) is 5. The zero-order valence-corrected chi connectivity index (χ0v) is 11.6. The van der Waals surface area contributed by atoms with Gasteiger partial charge < -0.3 is 15.2 Å². The van der Waals surface area contributed by atoms with Gasteiger partial charge in [-0.2, -0.15) is 10.1 Å². The quantitative estimate of drug-likeness (QED) is 0.894. The van der Waals surface area contributed by atoms with Crippen molar-refractivity contribution in [3.05, 3.63) is 35.7 Å². The largest absolute Gasteiger partial charge is 0.508 e. The maximum atomic E-state index is 9.41. The Bertz CT molecular complexity index is 594. The van der Waals surface area contributed by atoms with Crippen LogP contribution >= 0.6 is 0 Å². The molecule has 20 heavy (non-hydrogen) atoms. The van der Waals surface area contributed by atoms with Gasteiger partial charge in [-0.25, -0.2) is 4.68 Å². The van der Waals surface area contributed by atoms with Gasteiger partial charge in [-0.1, -0.05) is 12.1 Å². The summed E-state index contributed by atoms with van der Waals surface area (Å²) in [6.07, 6.45) is 0.924. The third kappa shape index (κ3) is 2.34. The Kier molecular flexibility index (Phi) is 3.31. The number of phenolic OH excluding ortho intramolecular Hbond substituents is 1. The molecule has 0 saturated carbocycles. The average Bonchev–Trinajstić information content (AvgIpc) is 2.81. The highest BCUT2D eigenvalue weighted by Crippen LogP contribution is 2.31. The number of methoxy groups -OCH3 is 1. The van der Waals surface area contributed by atoms with Gasteiger partial charge in [-0.05, 0) is 31.0 Å². The number of rotatable bonds is 3. The third-order valence-electron chi connectivity index (χ3n) is 3.47. The van der Waals surface area contributed by atoms with E-state index in [0.29, 0.717) is 18.5 Å². The topological polar surface area (TPSA) is 72.2 Å². The van der Waals surface area contributed by atoms with E-state index in [4.69, 9.17) is 4.74 Å². The minimum atomic E-state index is 0.125. The number of aromatic nitrogens is 3. The van der Waals surface area contributed by atoms with E-state index in [9.17, 15) is 5.11 Å². The predicted molar refractivity (Wildman–Crippen MR) is 74.7 cm³/mol. The molecule has 0 unspecified atom stereocenters. The molecule has 3 rings (SSSR count). The molecule has 6 heteroatoms. The molecule has 1 aromatic heterocycles. The van der Waals surface area contributed by atoms with Gasteiger partial charge in [0.1, 0.15) is 12.4 Å². The van der Waals surface area contributed by atoms with Gasteiger partial charge in [0.25, 0.3) is 0 Å². The van der Waals surface area contributed by atoms with E-state index < -0.39 is 0 Å². The normalized spacial score (nSPS) is 21.3. The van der Waals surface area contributed by atoms with Gasteiger partial charge in [0.2, 0.25) is 5.95 Å². The van der Waals surface area contributed by atoms with Crippen molar-refractivity contribution in [1.29, 1.82) is 0 Å². The van der Waals surface area contributed by atoms with Crippen molar-refractivity contribution in [3.8, 4) is 5.75 Å². The number of ether oxygens (including phenoxy) is 1. The summed E-state index contributed by atoms with van der Waals surface area (Å²) in [5.74, 6) is 1.72. The molecular weight excluding hydrogens is 256 g/mol. The molecule has 2 N–H and O–H groups in total. The maximum absolute atomic E-state index is 9.41. The van der Waals surface area contributed by atoms with E-state index in [1.807, 2.05) is 16.8 Å². The molecule has 0 spiro atoms. The number of benzene rings is 1. The molecule has 0 bridgehead atoms. The molecule has 106 valence electrons. The Labute approximate surface area is 117 Å². The van der Waals surface area contributed by atoms with Crippen molar-refractivity contribution in [3.63, 3.8) is 0 Å². The Morgan fingerprint density at radius 3 is 2.85 bits per heavy atom. The van der Waals surface area contributed by atoms with Crippen LogP contribution in [0.1, 0.15) is 30.8 Å². The molecule has 6 nitrogen and oxygen atoms in total. The first-order valence-corrected chi connectivity index (χ1v) is 6.67. The fourth-order valence-corrected chi connectivity index (χ4v) is 2.56. The lowest BCUT2D eigenvalue weighted by Gasteiger charge is -2.29. The van der Waals surface area contributed by atoms with Gasteiger partial charge in [-0.3, -0.25) is 0 Å². The highest BCUT2D eigenvalue weighted by Gasteiger charge is 2.28. The molecule has 1 aliphatic heterocycles. The third-order valence-corrected chi connectivity index (χ3v) is 3.47. The summed E-state index contributed by atoms with van der Waals surface area (Å²) in [7, 11) is 1.63. The first kappa shape index (κ1) is 12.9. The van der Waals surface area contributed by atoms with Crippen LogP contribution in [0.15, 0.2) is 24.3 Å². The molecule has 0 radical (unpaired) electrons. The van der Waals surface area contributed by atoms with Crippen LogP contribution < -0.4 is 5.32 Å². The molecule has 0 fully saturated rings.